The summed E-state index contributed by atoms with van der Waals surface area (Å²) in [6.07, 6.45) is 6.96. The fourth-order valence-corrected chi connectivity index (χ4v) is 2.06. The molecule has 5 heteroatoms. The highest BCUT2D eigenvalue weighted by Crippen LogP contribution is 2.12. The topological polar surface area (TPSA) is 75.4 Å². The van der Waals surface area contributed by atoms with E-state index in [1.165, 1.54) is 0 Å². The number of rotatable bonds is 4. The molecular formula is C14H23N3O2. The van der Waals surface area contributed by atoms with Crippen LogP contribution in [0.5, 0.6) is 0 Å². The predicted octanol–water partition coefficient (Wildman–Crippen LogP) is 0.100. The smallest absolute Gasteiger partial charge is 0.240 e. The molecule has 1 aliphatic rings. The quantitative estimate of drug-likeness (QED) is 0.708. The van der Waals surface area contributed by atoms with Crippen LogP contribution in [0, 0.1) is 18.3 Å². The molecule has 5 nitrogen and oxygen atoms in total. The summed E-state index contributed by atoms with van der Waals surface area (Å²) in [4.78, 5) is 25.3. The minimum atomic E-state index is -0.605. The van der Waals surface area contributed by atoms with Crippen LogP contribution < -0.4 is 11.1 Å². The molecule has 19 heavy (non-hydrogen) atoms. The van der Waals surface area contributed by atoms with Gasteiger partial charge < -0.3 is 16.0 Å². The summed E-state index contributed by atoms with van der Waals surface area (Å²) in [5.41, 5.74) is 5.71. The summed E-state index contributed by atoms with van der Waals surface area (Å²) in [7, 11) is 0. The van der Waals surface area contributed by atoms with E-state index < -0.39 is 6.04 Å². The number of nitrogens with one attached hydrogen (secondary N) is 1. The summed E-state index contributed by atoms with van der Waals surface area (Å²) >= 11 is 0. The van der Waals surface area contributed by atoms with Crippen LogP contribution >= 0.6 is 0 Å². The number of terminal acetylenes is 1. The van der Waals surface area contributed by atoms with Crippen molar-refractivity contribution in [2.45, 2.75) is 45.2 Å². The number of nitrogens with zero attached hydrogens (tertiary/aromatic N) is 1. The van der Waals surface area contributed by atoms with Crippen LogP contribution in [0.3, 0.4) is 0 Å². The Labute approximate surface area is 114 Å². The lowest BCUT2D eigenvalue weighted by Gasteiger charge is -2.33. The number of nitrogens with two attached hydrogens (primary N) is 1. The fraction of sp³-hybridized carbons (Fsp3) is 0.714. The van der Waals surface area contributed by atoms with Gasteiger partial charge in [-0.25, -0.2) is 0 Å². The second-order valence-electron chi connectivity index (χ2n) is 5.28. The molecule has 1 unspecified atom stereocenters. The van der Waals surface area contributed by atoms with Crippen LogP contribution in [-0.2, 0) is 9.59 Å². The van der Waals surface area contributed by atoms with Gasteiger partial charge in [0.05, 0.1) is 6.04 Å². The minimum Gasteiger partial charge on any atom is -0.353 e. The van der Waals surface area contributed by atoms with Crippen molar-refractivity contribution in [3.8, 4) is 12.3 Å². The molecule has 0 spiro atoms. The van der Waals surface area contributed by atoms with Gasteiger partial charge in [0.15, 0.2) is 0 Å². The molecule has 1 aliphatic heterocycles. The lowest BCUT2D eigenvalue weighted by atomic mass is 10.0. The van der Waals surface area contributed by atoms with Gasteiger partial charge in [-0.1, -0.05) is 13.8 Å². The average molecular weight is 265 g/mol. The normalized spacial score (nSPS) is 17.9. The maximum absolute atomic E-state index is 11.9. The third-order valence-corrected chi connectivity index (χ3v) is 3.33. The van der Waals surface area contributed by atoms with E-state index in [2.05, 4.69) is 11.2 Å². The summed E-state index contributed by atoms with van der Waals surface area (Å²) in [6.45, 7) is 4.99. The first kappa shape index (κ1) is 15.5. The van der Waals surface area contributed by atoms with Crippen LogP contribution in [0.4, 0.5) is 0 Å². The largest absolute Gasteiger partial charge is 0.353 e. The second kappa shape index (κ2) is 7.15. The number of hydrogen-bond acceptors (Lipinski definition) is 3. The van der Waals surface area contributed by atoms with Crippen molar-refractivity contribution in [2.24, 2.45) is 11.7 Å². The molecule has 1 rings (SSSR count). The Kier molecular flexibility index (Phi) is 5.84. The van der Waals surface area contributed by atoms with E-state index in [0.29, 0.717) is 13.1 Å². The maximum atomic E-state index is 11.9. The van der Waals surface area contributed by atoms with Gasteiger partial charge in [-0.3, -0.25) is 9.59 Å². The Morgan fingerprint density at radius 2 is 2.00 bits per heavy atom. The van der Waals surface area contributed by atoms with Crippen molar-refractivity contribution in [1.82, 2.24) is 10.2 Å². The van der Waals surface area contributed by atoms with E-state index in [4.69, 9.17) is 12.2 Å². The van der Waals surface area contributed by atoms with E-state index >= 15 is 0 Å². The van der Waals surface area contributed by atoms with Crippen LogP contribution in [-0.4, -0.2) is 41.9 Å². The first-order chi connectivity index (χ1) is 8.95. The Morgan fingerprint density at radius 3 is 2.47 bits per heavy atom. The van der Waals surface area contributed by atoms with E-state index in [-0.39, 0.29) is 30.2 Å². The number of piperidine rings is 1. The van der Waals surface area contributed by atoms with Gasteiger partial charge in [0.1, 0.15) is 0 Å². The van der Waals surface area contributed by atoms with Gasteiger partial charge in [-0.15, -0.1) is 12.3 Å². The first-order valence-electron chi connectivity index (χ1n) is 6.74. The number of amides is 2. The molecule has 106 valence electrons. The van der Waals surface area contributed by atoms with Gasteiger partial charge in [0.2, 0.25) is 11.8 Å². The van der Waals surface area contributed by atoms with Crippen LogP contribution in [0.2, 0.25) is 0 Å². The molecular weight excluding hydrogens is 242 g/mol. The first-order valence-corrected chi connectivity index (χ1v) is 6.74. The van der Waals surface area contributed by atoms with Crippen molar-refractivity contribution in [1.29, 1.82) is 0 Å². The Bertz CT molecular complexity index is 365. The van der Waals surface area contributed by atoms with Gasteiger partial charge in [-0.2, -0.15) is 0 Å². The molecule has 0 aliphatic carbocycles. The average Bonchev–Trinajstić information content (AvgIpc) is 2.39. The molecule has 2 amide bonds. The van der Waals surface area contributed by atoms with Crippen molar-refractivity contribution < 1.29 is 9.59 Å². The van der Waals surface area contributed by atoms with Gasteiger partial charge in [-0.05, 0) is 12.8 Å². The minimum absolute atomic E-state index is 0.0105. The number of hydrogen-bond donors (Lipinski definition) is 2. The van der Waals surface area contributed by atoms with Crippen LogP contribution in [0.15, 0.2) is 0 Å². The van der Waals surface area contributed by atoms with E-state index in [1.54, 1.807) is 4.90 Å². The maximum Gasteiger partial charge on any atom is 0.240 e. The summed E-state index contributed by atoms with van der Waals surface area (Å²) in [5, 5.41) is 2.99. The molecule has 1 fully saturated rings. The van der Waals surface area contributed by atoms with E-state index in [9.17, 15) is 9.59 Å². The number of carbonyl (C=O) groups is 2. The van der Waals surface area contributed by atoms with E-state index in [0.717, 1.165) is 12.8 Å². The predicted molar refractivity (Wildman–Crippen MR) is 74.0 cm³/mol. The number of likely N-dealkylation sites (tertiary alicyclic amines) is 1. The molecule has 3 N–H and O–H groups in total. The summed E-state index contributed by atoms with van der Waals surface area (Å²) in [6, 6.07) is -0.449. The zero-order chi connectivity index (χ0) is 14.4. The highest BCUT2D eigenvalue weighted by molar-refractivity contribution is 5.82. The molecule has 0 saturated carbocycles. The SMILES string of the molecule is C#CCC(N)C(=O)N1CCC(NC(=O)C(C)C)CC1. The van der Waals surface area contributed by atoms with Crippen LogP contribution in [0.1, 0.15) is 33.1 Å². The summed E-state index contributed by atoms with van der Waals surface area (Å²) < 4.78 is 0. The zero-order valence-corrected chi connectivity index (χ0v) is 11.7. The standard InChI is InChI=1S/C14H23N3O2/c1-4-5-12(15)14(19)17-8-6-11(7-9-17)16-13(18)10(2)3/h1,10-12H,5-9,15H2,2-3H3,(H,16,18). The lowest BCUT2D eigenvalue weighted by molar-refractivity contribution is -0.133. The molecule has 1 saturated heterocycles. The molecule has 1 heterocycles. The number of carbonyl (C=O) groups excluding carboxylic acids is 2. The molecule has 0 aromatic heterocycles. The van der Waals surface area contributed by atoms with Crippen molar-refractivity contribution in [2.75, 3.05) is 13.1 Å². The third-order valence-electron chi connectivity index (χ3n) is 3.33. The Morgan fingerprint density at radius 1 is 1.42 bits per heavy atom. The molecule has 0 aromatic carbocycles. The fourth-order valence-electron chi connectivity index (χ4n) is 2.06. The molecule has 0 radical (unpaired) electrons. The van der Waals surface area contributed by atoms with E-state index in [1.807, 2.05) is 13.8 Å². The van der Waals surface area contributed by atoms with Crippen molar-refractivity contribution >= 4 is 11.8 Å². The van der Waals surface area contributed by atoms with Crippen LogP contribution in [0.25, 0.3) is 0 Å². The van der Waals surface area contributed by atoms with Gasteiger partial charge in [0.25, 0.3) is 0 Å². The highest BCUT2D eigenvalue weighted by atomic mass is 16.2. The highest BCUT2D eigenvalue weighted by Gasteiger charge is 2.26. The van der Waals surface area contributed by atoms with Crippen molar-refractivity contribution in [3.63, 3.8) is 0 Å². The van der Waals surface area contributed by atoms with Gasteiger partial charge >= 0.3 is 0 Å². The summed E-state index contributed by atoms with van der Waals surface area (Å²) in [5.74, 6) is 2.37. The zero-order valence-electron chi connectivity index (χ0n) is 11.7. The molecule has 0 bridgehead atoms. The Balaban J connectivity index is 2.39. The molecule has 0 aromatic rings. The molecule has 1 atom stereocenters. The third kappa shape index (κ3) is 4.56. The lowest BCUT2D eigenvalue weighted by Crippen LogP contribution is -2.51. The second-order valence-corrected chi connectivity index (χ2v) is 5.28. The Hall–Kier alpha value is -1.54. The van der Waals surface area contributed by atoms with Crippen molar-refractivity contribution in [3.05, 3.63) is 0 Å². The monoisotopic (exact) mass is 265 g/mol. The van der Waals surface area contributed by atoms with Gasteiger partial charge in [0, 0.05) is 31.5 Å².